The van der Waals surface area contributed by atoms with Crippen molar-refractivity contribution in [1.29, 1.82) is 0 Å². The molecule has 0 saturated heterocycles. The van der Waals surface area contributed by atoms with E-state index in [1.165, 1.54) is 19.4 Å². The Kier molecular flexibility index (Phi) is 6.01. The number of hydrogen-bond acceptors (Lipinski definition) is 6. The first-order valence-electron chi connectivity index (χ1n) is 9.22. The summed E-state index contributed by atoms with van der Waals surface area (Å²) < 4.78 is 12.6. The number of amides is 1. The van der Waals surface area contributed by atoms with E-state index < -0.39 is 10.8 Å². The molecule has 0 unspecified atom stereocenters. The molecule has 0 atom stereocenters. The van der Waals surface area contributed by atoms with Crippen molar-refractivity contribution in [3.63, 3.8) is 0 Å². The molecule has 30 heavy (non-hydrogen) atoms. The monoisotopic (exact) mass is 410 g/mol. The second kappa shape index (κ2) is 8.64. The van der Waals surface area contributed by atoms with Crippen molar-refractivity contribution in [2.45, 2.75) is 20.0 Å². The van der Waals surface area contributed by atoms with Gasteiger partial charge in [0.2, 0.25) is 5.75 Å². The number of para-hydroxylation sites is 1. The lowest BCUT2D eigenvalue weighted by Gasteiger charge is -2.14. The maximum atomic E-state index is 12.5. The fraction of sp³-hybridized carbons (Fsp3) is 0.238. The number of carbonyl (C=O) groups excluding carboxylic acids is 1. The maximum Gasteiger partial charge on any atom is 0.315 e. The van der Waals surface area contributed by atoms with Crippen LogP contribution in [-0.2, 0) is 7.05 Å². The average molecular weight is 410 g/mol. The molecule has 0 aliphatic rings. The zero-order chi connectivity index (χ0) is 21.8. The Hall–Kier alpha value is -3.88. The van der Waals surface area contributed by atoms with E-state index in [9.17, 15) is 14.9 Å². The van der Waals surface area contributed by atoms with Gasteiger partial charge in [0.25, 0.3) is 5.91 Å². The Bertz CT molecular complexity index is 1130. The average Bonchev–Trinajstić information content (AvgIpc) is 3.05. The van der Waals surface area contributed by atoms with Gasteiger partial charge in [0, 0.05) is 29.6 Å². The minimum absolute atomic E-state index is 0.0502. The van der Waals surface area contributed by atoms with Crippen LogP contribution in [0.1, 0.15) is 29.9 Å². The maximum absolute atomic E-state index is 12.5. The van der Waals surface area contributed by atoms with Gasteiger partial charge in [-0.25, -0.2) is 5.43 Å². The summed E-state index contributed by atoms with van der Waals surface area (Å²) in [5.74, 6) is -0.139. The molecule has 0 aliphatic heterocycles. The molecule has 0 radical (unpaired) electrons. The largest absolute Gasteiger partial charge is 0.493 e. The zero-order valence-corrected chi connectivity index (χ0v) is 17.1. The van der Waals surface area contributed by atoms with Crippen LogP contribution in [0.5, 0.6) is 11.5 Å². The highest BCUT2D eigenvalue weighted by atomic mass is 16.6. The van der Waals surface area contributed by atoms with E-state index in [1.807, 2.05) is 24.3 Å². The fourth-order valence-electron chi connectivity index (χ4n) is 3.05. The van der Waals surface area contributed by atoms with E-state index in [4.69, 9.17) is 9.47 Å². The number of methoxy groups -OCH3 is 1. The second-order valence-corrected chi connectivity index (χ2v) is 6.84. The molecule has 3 rings (SSSR count). The number of carbonyl (C=O) groups is 1. The number of rotatable bonds is 7. The van der Waals surface area contributed by atoms with Crippen LogP contribution in [0.15, 0.2) is 47.6 Å². The van der Waals surface area contributed by atoms with Crippen LogP contribution in [0, 0.1) is 10.1 Å². The minimum Gasteiger partial charge on any atom is -0.493 e. The molecule has 9 heteroatoms. The van der Waals surface area contributed by atoms with E-state index in [0.717, 1.165) is 10.9 Å². The quantitative estimate of drug-likeness (QED) is 0.363. The van der Waals surface area contributed by atoms with Crippen molar-refractivity contribution in [2.75, 3.05) is 7.11 Å². The summed E-state index contributed by atoms with van der Waals surface area (Å²) in [6, 6.07) is 12.3. The summed E-state index contributed by atoms with van der Waals surface area (Å²) in [5.41, 5.74) is 3.95. The third kappa shape index (κ3) is 4.24. The van der Waals surface area contributed by atoms with Crippen molar-refractivity contribution in [3.05, 3.63) is 63.8 Å². The number of aryl methyl sites for hydroxylation is 1. The number of aromatic nitrogens is 1. The Morgan fingerprint density at radius 3 is 2.63 bits per heavy atom. The molecule has 0 spiro atoms. The van der Waals surface area contributed by atoms with Crippen molar-refractivity contribution in [3.8, 4) is 11.5 Å². The summed E-state index contributed by atoms with van der Waals surface area (Å²) in [4.78, 5) is 23.4. The molecule has 1 heterocycles. The van der Waals surface area contributed by atoms with Crippen molar-refractivity contribution in [2.24, 2.45) is 12.1 Å². The van der Waals surface area contributed by atoms with Gasteiger partial charge in [-0.15, -0.1) is 0 Å². The first-order chi connectivity index (χ1) is 14.3. The minimum atomic E-state index is -0.550. The number of hydrogen-bond donors (Lipinski definition) is 1. The van der Waals surface area contributed by atoms with Gasteiger partial charge in [-0.1, -0.05) is 18.2 Å². The van der Waals surface area contributed by atoms with Gasteiger partial charge >= 0.3 is 5.69 Å². The summed E-state index contributed by atoms with van der Waals surface area (Å²) in [6.45, 7) is 3.53. The lowest BCUT2D eigenvalue weighted by atomic mass is 10.2. The number of benzene rings is 2. The molecule has 9 nitrogen and oxygen atoms in total. The summed E-state index contributed by atoms with van der Waals surface area (Å²) in [7, 11) is 3.19. The highest BCUT2D eigenvalue weighted by molar-refractivity contribution is 5.99. The number of fused-ring (bicyclic) bond motifs is 1. The summed E-state index contributed by atoms with van der Waals surface area (Å²) >= 11 is 0. The predicted octanol–water partition coefficient (Wildman–Crippen LogP) is 3.65. The molecule has 0 saturated carbocycles. The third-order valence-corrected chi connectivity index (χ3v) is 4.39. The number of hydrazone groups is 1. The summed E-state index contributed by atoms with van der Waals surface area (Å²) in [5, 5.41) is 16.3. The van der Waals surface area contributed by atoms with Crippen LogP contribution in [0.25, 0.3) is 10.9 Å². The Balaban J connectivity index is 1.84. The highest BCUT2D eigenvalue weighted by Crippen LogP contribution is 2.38. The smallest absolute Gasteiger partial charge is 0.315 e. The molecule has 0 fully saturated rings. The topological polar surface area (TPSA) is 108 Å². The number of nitro benzene ring substituents is 1. The fourth-order valence-corrected chi connectivity index (χ4v) is 3.05. The lowest BCUT2D eigenvalue weighted by Crippen LogP contribution is -2.20. The van der Waals surface area contributed by atoms with E-state index in [0.29, 0.717) is 11.3 Å². The molecule has 156 valence electrons. The Morgan fingerprint density at radius 1 is 1.27 bits per heavy atom. The van der Waals surface area contributed by atoms with E-state index >= 15 is 0 Å². The van der Waals surface area contributed by atoms with Crippen LogP contribution in [0.4, 0.5) is 5.69 Å². The number of nitrogens with one attached hydrogen (secondary N) is 1. The van der Waals surface area contributed by atoms with E-state index in [-0.39, 0.29) is 23.3 Å². The molecule has 0 aliphatic carbocycles. The third-order valence-electron chi connectivity index (χ3n) is 4.39. The van der Waals surface area contributed by atoms with Gasteiger partial charge in [-0.3, -0.25) is 14.9 Å². The number of ether oxygens (including phenoxy) is 2. The van der Waals surface area contributed by atoms with Crippen LogP contribution >= 0.6 is 0 Å². The normalized spacial score (nSPS) is 11.2. The van der Waals surface area contributed by atoms with Crippen molar-refractivity contribution in [1.82, 2.24) is 9.99 Å². The van der Waals surface area contributed by atoms with Gasteiger partial charge in [0.15, 0.2) is 5.75 Å². The number of nitrogens with zero attached hydrogens (tertiary/aromatic N) is 3. The second-order valence-electron chi connectivity index (χ2n) is 6.84. The van der Waals surface area contributed by atoms with Gasteiger partial charge in [-0.2, -0.15) is 5.10 Å². The van der Waals surface area contributed by atoms with Crippen LogP contribution in [0.3, 0.4) is 0 Å². The van der Waals surface area contributed by atoms with Gasteiger partial charge in [-0.05, 0) is 32.0 Å². The summed E-state index contributed by atoms with van der Waals surface area (Å²) in [6.07, 6.45) is 1.05. The van der Waals surface area contributed by atoms with Gasteiger partial charge < -0.3 is 14.0 Å². The molecule has 3 aromatic rings. The van der Waals surface area contributed by atoms with Crippen LogP contribution < -0.4 is 14.9 Å². The van der Waals surface area contributed by atoms with E-state index in [1.54, 1.807) is 37.6 Å². The Labute approximate surface area is 173 Å². The van der Waals surface area contributed by atoms with Gasteiger partial charge in [0.1, 0.15) is 5.69 Å². The Morgan fingerprint density at radius 2 is 2.00 bits per heavy atom. The van der Waals surface area contributed by atoms with Crippen LogP contribution in [0.2, 0.25) is 0 Å². The zero-order valence-electron chi connectivity index (χ0n) is 17.1. The molecule has 0 bridgehead atoms. The predicted molar refractivity (Wildman–Crippen MR) is 113 cm³/mol. The van der Waals surface area contributed by atoms with Crippen LogP contribution in [-0.4, -0.2) is 34.8 Å². The van der Waals surface area contributed by atoms with E-state index in [2.05, 4.69) is 10.5 Å². The van der Waals surface area contributed by atoms with Gasteiger partial charge in [0.05, 0.1) is 24.4 Å². The van der Waals surface area contributed by atoms with Crippen molar-refractivity contribution >= 4 is 28.7 Å². The molecular weight excluding hydrogens is 388 g/mol. The molecule has 2 aromatic carbocycles. The standard InChI is InChI=1S/C21H22N4O5/c1-13(2)30-20-17(25(27)28)9-14(10-19(20)29-4)12-22-23-21(26)18-11-15-7-5-6-8-16(15)24(18)3/h5-13H,1-4H3,(H,23,26)/b22-12+. The SMILES string of the molecule is COc1cc(/C=N/NC(=O)c2cc3ccccc3n2C)cc([N+](=O)[O-])c1OC(C)C. The number of nitro groups is 1. The van der Waals surface area contributed by atoms with Crippen molar-refractivity contribution < 1.29 is 19.2 Å². The first kappa shape index (κ1) is 20.8. The lowest BCUT2D eigenvalue weighted by molar-refractivity contribution is -0.386. The molecule has 1 N–H and O–H groups in total. The highest BCUT2D eigenvalue weighted by Gasteiger charge is 2.23. The molecular formula is C21H22N4O5. The molecule has 1 aromatic heterocycles. The first-order valence-corrected chi connectivity index (χ1v) is 9.22. The molecule has 1 amide bonds.